The van der Waals surface area contributed by atoms with E-state index < -0.39 is 18.1 Å². The zero-order valence-corrected chi connectivity index (χ0v) is 15.3. The molecular weight excluding hydrogens is 344 g/mol. The van der Waals surface area contributed by atoms with Crippen LogP contribution < -0.4 is 5.32 Å². The lowest BCUT2D eigenvalue weighted by Crippen LogP contribution is -2.45. The third kappa shape index (κ3) is 4.17. The molecule has 1 aromatic heterocycles. The molecule has 1 heterocycles. The predicted octanol–water partition coefficient (Wildman–Crippen LogP) is 2.76. The van der Waals surface area contributed by atoms with Crippen LogP contribution in [0.3, 0.4) is 0 Å². The van der Waals surface area contributed by atoms with E-state index in [9.17, 15) is 9.59 Å². The number of carbonyl (C=O) groups excluding carboxylic acids is 2. The summed E-state index contributed by atoms with van der Waals surface area (Å²) in [6.07, 6.45) is 1.35. The molecule has 0 bridgehead atoms. The first-order valence-corrected chi connectivity index (χ1v) is 8.65. The lowest BCUT2D eigenvalue weighted by Gasteiger charge is -2.20. The molecule has 27 heavy (non-hydrogen) atoms. The number of carbonyl (C=O) groups is 2. The average molecular weight is 366 g/mol. The van der Waals surface area contributed by atoms with Crippen LogP contribution in [0.4, 0.5) is 0 Å². The molecule has 0 saturated heterocycles. The van der Waals surface area contributed by atoms with E-state index >= 15 is 0 Å². The maximum absolute atomic E-state index is 12.7. The molecule has 6 heteroatoms. The fraction of sp³-hybridized carbons (Fsp3) is 0.238. The summed E-state index contributed by atoms with van der Waals surface area (Å²) in [6.45, 7) is 0. The molecular formula is C21H22N2O4. The number of methoxy groups -OCH3 is 2. The van der Waals surface area contributed by atoms with Crippen molar-refractivity contribution in [2.24, 2.45) is 0 Å². The van der Waals surface area contributed by atoms with Crippen molar-refractivity contribution < 1.29 is 19.1 Å². The van der Waals surface area contributed by atoms with Gasteiger partial charge in [0.05, 0.1) is 7.11 Å². The van der Waals surface area contributed by atoms with E-state index in [0.29, 0.717) is 12.0 Å². The van der Waals surface area contributed by atoms with Gasteiger partial charge in [0.2, 0.25) is 0 Å². The van der Waals surface area contributed by atoms with Crippen molar-refractivity contribution in [2.75, 3.05) is 14.2 Å². The molecule has 2 N–H and O–H groups in total. The van der Waals surface area contributed by atoms with Gasteiger partial charge in [0, 0.05) is 30.6 Å². The highest BCUT2D eigenvalue weighted by atomic mass is 16.5. The highest BCUT2D eigenvalue weighted by Crippen LogP contribution is 2.21. The standard InChI is InChI=1S/C21H22N2O4/c1-26-19(14-8-4-3-5-9-14)20(24)23-18(21(25)27-2)12-15-13-22-17-11-7-6-10-16(15)17/h3-11,13,18-19,22H,12H2,1-2H3,(H,23,24)/t18-,19-/m0/s1. The van der Waals surface area contributed by atoms with Gasteiger partial charge in [0.15, 0.2) is 6.10 Å². The number of rotatable bonds is 7. The molecule has 0 aliphatic carbocycles. The van der Waals surface area contributed by atoms with E-state index in [4.69, 9.17) is 9.47 Å². The molecule has 2 atom stereocenters. The van der Waals surface area contributed by atoms with Crippen LogP contribution in [0.15, 0.2) is 60.8 Å². The van der Waals surface area contributed by atoms with Crippen molar-refractivity contribution in [3.8, 4) is 0 Å². The third-order valence-electron chi connectivity index (χ3n) is 4.48. The minimum atomic E-state index is -0.817. The molecule has 1 amide bonds. The molecule has 0 spiro atoms. The number of aromatic nitrogens is 1. The first-order chi connectivity index (χ1) is 13.1. The molecule has 3 aromatic rings. The number of hydrogen-bond donors (Lipinski definition) is 2. The average Bonchev–Trinajstić information content (AvgIpc) is 3.11. The second-order valence-electron chi connectivity index (χ2n) is 6.17. The Bertz CT molecular complexity index is 920. The number of H-pyrrole nitrogens is 1. The van der Waals surface area contributed by atoms with Crippen LogP contribution in [0.1, 0.15) is 17.2 Å². The van der Waals surface area contributed by atoms with Gasteiger partial charge >= 0.3 is 5.97 Å². The van der Waals surface area contributed by atoms with Gasteiger partial charge in [-0.15, -0.1) is 0 Å². The number of para-hydroxylation sites is 1. The second kappa shape index (κ2) is 8.51. The molecule has 0 fully saturated rings. The molecule has 140 valence electrons. The molecule has 6 nitrogen and oxygen atoms in total. The van der Waals surface area contributed by atoms with E-state index in [1.165, 1.54) is 14.2 Å². The number of benzene rings is 2. The van der Waals surface area contributed by atoms with Gasteiger partial charge in [0.25, 0.3) is 5.91 Å². The summed E-state index contributed by atoms with van der Waals surface area (Å²) in [5.41, 5.74) is 2.62. The lowest BCUT2D eigenvalue weighted by molar-refractivity contribution is -0.146. The molecule has 0 aliphatic heterocycles. The van der Waals surface area contributed by atoms with E-state index in [1.807, 2.05) is 48.7 Å². The van der Waals surface area contributed by atoms with Crippen LogP contribution in [-0.4, -0.2) is 37.1 Å². The Balaban J connectivity index is 1.80. The zero-order chi connectivity index (χ0) is 19.2. The van der Waals surface area contributed by atoms with Crippen molar-refractivity contribution >= 4 is 22.8 Å². The SMILES string of the molecule is COC(=O)[C@H](Cc1c[nH]c2ccccc12)NC(=O)[C@@H](OC)c1ccccc1. The van der Waals surface area contributed by atoms with Gasteiger partial charge in [-0.1, -0.05) is 48.5 Å². The van der Waals surface area contributed by atoms with E-state index in [1.54, 1.807) is 12.1 Å². The van der Waals surface area contributed by atoms with Crippen molar-refractivity contribution in [2.45, 2.75) is 18.6 Å². The number of aromatic amines is 1. The number of hydrogen-bond acceptors (Lipinski definition) is 4. The van der Waals surface area contributed by atoms with Gasteiger partial charge in [-0.25, -0.2) is 4.79 Å². The third-order valence-corrected chi connectivity index (χ3v) is 4.48. The summed E-state index contributed by atoms with van der Waals surface area (Å²) in [7, 11) is 2.77. The van der Waals surface area contributed by atoms with Gasteiger partial charge in [0.1, 0.15) is 6.04 Å². The van der Waals surface area contributed by atoms with Gasteiger partial charge < -0.3 is 19.8 Å². The molecule has 3 rings (SSSR count). The number of ether oxygens (including phenoxy) is 2. The summed E-state index contributed by atoms with van der Waals surface area (Å²) >= 11 is 0. The Hall–Kier alpha value is -3.12. The summed E-state index contributed by atoms with van der Waals surface area (Å²) in [5.74, 6) is -0.893. The Kier molecular flexibility index (Phi) is 5.88. The molecule has 0 unspecified atom stereocenters. The fourth-order valence-corrected chi connectivity index (χ4v) is 3.13. The predicted molar refractivity (Wildman–Crippen MR) is 102 cm³/mol. The Labute approximate surface area is 157 Å². The van der Waals surface area contributed by atoms with Crippen molar-refractivity contribution in [3.63, 3.8) is 0 Å². The first-order valence-electron chi connectivity index (χ1n) is 8.65. The molecule has 2 aromatic carbocycles. The quantitative estimate of drug-likeness (QED) is 0.630. The van der Waals surface area contributed by atoms with Gasteiger partial charge in [-0.3, -0.25) is 4.79 Å². The molecule has 0 saturated carbocycles. The van der Waals surface area contributed by atoms with Gasteiger partial charge in [-0.2, -0.15) is 0 Å². The van der Waals surface area contributed by atoms with Crippen LogP contribution in [0, 0.1) is 0 Å². The minimum Gasteiger partial charge on any atom is -0.467 e. The fourth-order valence-electron chi connectivity index (χ4n) is 3.13. The van der Waals surface area contributed by atoms with E-state index in [0.717, 1.165) is 16.5 Å². The van der Waals surface area contributed by atoms with Crippen molar-refractivity contribution in [1.29, 1.82) is 0 Å². The summed E-state index contributed by atoms with van der Waals surface area (Å²) in [4.78, 5) is 28.2. The highest BCUT2D eigenvalue weighted by molar-refractivity contribution is 5.89. The first kappa shape index (κ1) is 18.7. The summed E-state index contributed by atoms with van der Waals surface area (Å²) < 4.78 is 10.2. The number of fused-ring (bicyclic) bond motifs is 1. The summed E-state index contributed by atoms with van der Waals surface area (Å²) in [6, 6.07) is 16.1. The van der Waals surface area contributed by atoms with Crippen LogP contribution in [-0.2, 0) is 25.5 Å². The maximum Gasteiger partial charge on any atom is 0.328 e. The number of esters is 1. The van der Waals surface area contributed by atoms with Crippen LogP contribution in [0.2, 0.25) is 0 Å². The normalized spacial score (nSPS) is 13.1. The highest BCUT2D eigenvalue weighted by Gasteiger charge is 2.28. The van der Waals surface area contributed by atoms with Crippen molar-refractivity contribution in [1.82, 2.24) is 10.3 Å². The lowest BCUT2D eigenvalue weighted by atomic mass is 10.0. The summed E-state index contributed by atoms with van der Waals surface area (Å²) in [5, 5.41) is 3.77. The monoisotopic (exact) mass is 366 g/mol. The Morgan fingerprint density at radius 3 is 2.44 bits per heavy atom. The van der Waals surface area contributed by atoms with E-state index in [2.05, 4.69) is 10.3 Å². The van der Waals surface area contributed by atoms with Crippen LogP contribution in [0.25, 0.3) is 10.9 Å². The Morgan fingerprint density at radius 1 is 1.04 bits per heavy atom. The zero-order valence-electron chi connectivity index (χ0n) is 15.3. The van der Waals surface area contributed by atoms with Crippen molar-refractivity contribution in [3.05, 3.63) is 71.9 Å². The van der Waals surface area contributed by atoms with Crippen LogP contribution >= 0.6 is 0 Å². The second-order valence-corrected chi connectivity index (χ2v) is 6.17. The van der Waals surface area contributed by atoms with E-state index in [-0.39, 0.29) is 5.91 Å². The largest absolute Gasteiger partial charge is 0.467 e. The van der Waals surface area contributed by atoms with Crippen LogP contribution in [0.5, 0.6) is 0 Å². The maximum atomic E-state index is 12.7. The number of nitrogens with one attached hydrogen (secondary N) is 2. The smallest absolute Gasteiger partial charge is 0.328 e. The molecule has 0 radical (unpaired) electrons. The number of amides is 1. The Morgan fingerprint density at radius 2 is 1.74 bits per heavy atom. The minimum absolute atomic E-state index is 0.313. The topological polar surface area (TPSA) is 80.4 Å². The molecule has 0 aliphatic rings. The van der Waals surface area contributed by atoms with Gasteiger partial charge in [-0.05, 0) is 17.2 Å².